The van der Waals surface area contributed by atoms with Gasteiger partial charge in [0, 0.05) is 26.2 Å². The maximum Gasteiger partial charge on any atom is 0.231 e. The Labute approximate surface area is 130 Å². The smallest absolute Gasteiger partial charge is 0.231 e. The van der Waals surface area contributed by atoms with Gasteiger partial charge in [0.1, 0.15) is 0 Å². The van der Waals surface area contributed by atoms with Gasteiger partial charge in [0.05, 0.1) is 0 Å². The number of anilines is 2. The van der Waals surface area contributed by atoms with E-state index in [9.17, 15) is 0 Å². The number of aromatic nitrogens is 3. The predicted molar refractivity (Wildman–Crippen MR) is 83.9 cm³/mol. The first-order valence-electron chi connectivity index (χ1n) is 8.19. The number of halogens is 1. The van der Waals surface area contributed by atoms with Crippen molar-refractivity contribution in [2.45, 2.75) is 38.5 Å². The third-order valence-corrected chi connectivity index (χ3v) is 4.78. The molecule has 5 nitrogen and oxygen atoms in total. The number of nitrogens with zero attached hydrogens (tertiary/aromatic N) is 5. The van der Waals surface area contributed by atoms with Gasteiger partial charge in [-0.3, -0.25) is 0 Å². The summed E-state index contributed by atoms with van der Waals surface area (Å²) in [7, 11) is 0. The lowest BCUT2D eigenvalue weighted by Crippen LogP contribution is -2.31. The summed E-state index contributed by atoms with van der Waals surface area (Å²) in [5.74, 6) is 3.21. The number of hydrogen-bond donors (Lipinski definition) is 0. The third-order valence-electron chi connectivity index (χ3n) is 4.61. The van der Waals surface area contributed by atoms with Gasteiger partial charge in [-0.2, -0.15) is 15.0 Å². The molecular formula is C15H22ClN5. The molecule has 0 unspecified atom stereocenters. The molecule has 2 heterocycles. The van der Waals surface area contributed by atoms with Crippen molar-refractivity contribution in [3.63, 3.8) is 0 Å². The highest BCUT2D eigenvalue weighted by Crippen LogP contribution is 2.35. The Bertz CT molecular complexity index is 495. The third kappa shape index (κ3) is 3.39. The van der Waals surface area contributed by atoms with Gasteiger partial charge in [-0.25, -0.2) is 0 Å². The quantitative estimate of drug-likeness (QED) is 0.808. The van der Waals surface area contributed by atoms with E-state index in [1.165, 1.54) is 38.5 Å². The first-order valence-corrected chi connectivity index (χ1v) is 8.57. The minimum atomic E-state index is 0.332. The highest BCUT2D eigenvalue weighted by molar-refractivity contribution is 6.28. The standard InChI is InChI=1S/C15H22ClN5/c16-13-17-14(20-7-1-2-8-20)19-15(18-13)21(9-11-3-4-11)10-12-5-6-12/h11-12H,1-10H2. The summed E-state index contributed by atoms with van der Waals surface area (Å²) in [5.41, 5.74) is 0. The Morgan fingerprint density at radius 1 is 0.952 bits per heavy atom. The minimum Gasteiger partial charge on any atom is -0.341 e. The molecule has 1 aromatic rings. The summed E-state index contributed by atoms with van der Waals surface area (Å²) >= 11 is 6.16. The molecule has 0 radical (unpaired) electrons. The van der Waals surface area contributed by atoms with Gasteiger partial charge >= 0.3 is 0 Å². The van der Waals surface area contributed by atoms with Crippen molar-refractivity contribution in [1.29, 1.82) is 0 Å². The van der Waals surface area contributed by atoms with Crippen molar-refractivity contribution in [1.82, 2.24) is 15.0 Å². The fourth-order valence-electron chi connectivity index (χ4n) is 2.99. The second kappa shape index (κ2) is 5.59. The van der Waals surface area contributed by atoms with Gasteiger partial charge in [0.2, 0.25) is 17.2 Å². The van der Waals surface area contributed by atoms with Crippen LogP contribution in [-0.2, 0) is 0 Å². The normalized spacial score (nSPS) is 21.9. The zero-order valence-electron chi connectivity index (χ0n) is 12.3. The van der Waals surface area contributed by atoms with Crippen LogP contribution < -0.4 is 9.80 Å². The SMILES string of the molecule is Clc1nc(N2CCCC2)nc(N(CC2CC2)CC2CC2)n1. The summed E-state index contributed by atoms with van der Waals surface area (Å²) in [4.78, 5) is 18.0. The van der Waals surface area contributed by atoms with Crippen molar-refractivity contribution in [2.75, 3.05) is 36.0 Å². The molecule has 0 spiro atoms. The molecule has 3 aliphatic rings. The zero-order chi connectivity index (χ0) is 14.2. The van der Waals surface area contributed by atoms with Crippen molar-refractivity contribution < 1.29 is 0 Å². The molecule has 21 heavy (non-hydrogen) atoms. The Balaban J connectivity index is 1.57. The van der Waals surface area contributed by atoms with Crippen LogP contribution in [0.5, 0.6) is 0 Å². The fraction of sp³-hybridized carbons (Fsp3) is 0.800. The van der Waals surface area contributed by atoms with Crippen LogP contribution in [-0.4, -0.2) is 41.1 Å². The lowest BCUT2D eigenvalue weighted by Gasteiger charge is -2.24. The molecule has 6 heteroatoms. The molecule has 0 aromatic carbocycles. The molecule has 1 aliphatic heterocycles. The van der Waals surface area contributed by atoms with Crippen LogP contribution in [0, 0.1) is 11.8 Å². The minimum absolute atomic E-state index is 0.332. The maximum atomic E-state index is 6.16. The lowest BCUT2D eigenvalue weighted by atomic mass is 10.3. The molecule has 0 amide bonds. The maximum absolute atomic E-state index is 6.16. The highest BCUT2D eigenvalue weighted by Gasteiger charge is 2.31. The van der Waals surface area contributed by atoms with Crippen LogP contribution in [0.1, 0.15) is 38.5 Å². The Morgan fingerprint density at radius 2 is 1.57 bits per heavy atom. The first kappa shape index (κ1) is 13.6. The molecule has 0 bridgehead atoms. The molecular weight excluding hydrogens is 286 g/mol. The summed E-state index contributed by atoms with van der Waals surface area (Å²) in [6, 6.07) is 0. The van der Waals surface area contributed by atoms with E-state index in [4.69, 9.17) is 16.6 Å². The van der Waals surface area contributed by atoms with Crippen molar-refractivity contribution in [3.05, 3.63) is 5.28 Å². The first-order chi connectivity index (χ1) is 10.3. The monoisotopic (exact) mass is 307 g/mol. The van der Waals surface area contributed by atoms with Gasteiger partial charge in [-0.1, -0.05) is 0 Å². The second-order valence-electron chi connectivity index (χ2n) is 6.69. The van der Waals surface area contributed by atoms with Crippen LogP contribution in [0.3, 0.4) is 0 Å². The van der Waals surface area contributed by atoms with Crippen LogP contribution in [0.25, 0.3) is 0 Å². The van der Waals surface area contributed by atoms with E-state index in [0.717, 1.165) is 49.9 Å². The topological polar surface area (TPSA) is 45.2 Å². The van der Waals surface area contributed by atoms with Gasteiger partial charge in [0.25, 0.3) is 0 Å². The molecule has 3 fully saturated rings. The molecule has 0 N–H and O–H groups in total. The van der Waals surface area contributed by atoms with E-state index in [1.54, 1.807) is 0 Å². The van der Waals surface area contributed by atoms with Crippen LogP contribution in [0.2, 0.25) is 5.28 Å². The van der Waals surface area contributed by atoms with Crippen molar-refractivity contribution >= 4 is 23.5 Å². The predicted octanol–water partition coefficient (Wildman–Crippen LogP) is 2.75. The molecule has 1 saturated heterocycles. The summed E-state index contributed by atoms with van der Waals surface area (Å²) < 4.78 is 0. The Hall–Kier alpha value is -1.10. The molecule has 2 saturated carbocycles. The molecule has 0 atom stereocenters. The van der Waals surface area contributed by atoms with E-state index in [1.807, 2.05) is 0 Å². The van der Waals surface area contributed by atoms with E-state index in [2.05, 4.69) is 19.8 Å². The fourth-order valence-corrected chi connectivity index (χ4v) is 3.14. The zero-order valence-corrected chi connectivity index (χ0v) is 13.1. The van der Waals surface area contributed by atoms with Crippen molar-refractivity contribution in [3.8, 4) is 0 Å². The molecule has 2 aliphatic carbocycles. The number of rotatable bonds is 6. The van der Waals surface area contributed by atoms with Crippen LogP contribution >= 0.6 is 11.6 Å². The van der Waals surface area contributed by atoms with E-state index >= 15 is 0 Å². The van der Waals surface area contributed by atoms with E-state index in [0.29, 0.717) is 5.28 Å². The van der Waals surface area contributed by atoms with E-state index < -0.39 is 0 Å². The molecule has 1 aromatic heterocycles. The van der Waals surface area contributed by atoms with Gasteiger partial charge in [0.15, 0.2) is 0 Å². The van der Waals surface area contributed by atoms with Gasteiger partial charge < -0.3 is 9.80 Å². The second-order valence-corrected chi connectivity index (χ2v) is 7.03. The van der Waals surface area contributed by atoms with Gasteiger partial charge in [-0.05, 0) is 62.0 Å². The van der Waals surface area contributed by atoms with Crippen LogP contribution in [0.15, 0.2) is 0 Å². The largest absolute Gasteiger partial charge is 0.341 e. The summed E-state index contributed by atoms with van der Waals surface area (Å²) in [6.45, 7) is 4.22. The van der Waals surface area contributed by atoms with E-state index in [-0.39, 0.29) is 0 Å². The summed E-state index contributed by atoms with van der Waals surface area (Å²) in [6.07, 6.45) is 7.81. The van der Waals surface area contributed by atoms with Crippen molar-refractivity contribution in [2.24, 2.45) is 11.8 Å². The highest BCUT2D eigenvalue weighted by atomic mass is 35.5. The molecule has 4 rings (SSSR count). The average molecular weight is 308 g/mol. The molecule has 114 valence electrons. The average Bonchev–Trinajstić information content (AvgIpc) is 3.39. The Kier molecular flexibility index (Phi) is 3.61. The van der Waals surface area contributed by atoms with Gasteiger partial charge in [-0.15, -0.1) is 0 Å². The number of hydrogen-bond acceptors (Lipinski definition) is 5. The van der Waals surface area contributed by atoms with Crippen LogP contribution in [0.4, 0.5) is 11.9 Å². The summed E-state index contributed by atoms with van der Waals surface area (Å²) in [5, 5.41) is 0.332. The Morgan fingerprint density at radius 3 is 2.14 bits per heavy atom. The lowest BCUT2D eigenvalue weighted by molar-refractivity contribution is 0.658.